The third kappa shape index (κ3) is 9.15. The van der Waals surface area contributed by atoms with E-state index >= 15 is 0 Å². The van der Waals surface area contributed by atoms with Crippen molar-refractivity contribution < 1.29 is 59.4 Å². The second-order valence-electron chi connectivity index (χ2n) is 6.55. The van der Waals surface area contributed by atoms with E-state index in [1.54, 1.807) is 0 Å². The number of rotatable bonds is 6. The number of carboxylic acid groups (broad SMARTS) is 6. The molecule has 0 amide bonds. The van der Waals surface area contributed by atoms with Gasteiger partial charge in [-0.25, -0.2) is 24.0 Å². The highest BCUT2D eigenvalue weighted by atomic mass is 16.4. The topological polar surface area (TPSA) is 227 Å². The number of carbonyl (C=O) groups is 6. The van der Waals surface area contributed by atoms with Crippen molar-refractivity contribution in [3.8, 4) is 0 Å². The molecule has 0 aliphatic rings. The Morgan fingerprint density at radius 3 is 0.611 bits per heavy atom. The summed E-state index contributed by atoms with van der Waals surface area (Å²) in [7, 11) is 0. The number of carbonyl (C=O) groups excluding carboxylic acids is 1. The predicted molar refractivity (Wildman–Crippen MR) is 118 cm³/mol. The first kappa shape index (κ1) is 28.5. The summed E-state index contributed by atoms with van der Waals surface area (Å²) in [6, 6.07) is 14.9. The monoisotopic (exact) mass is 497 g/mol. The van der Waals surface area contributed by atoms with Crippen molar-refractivity contribution in [3.05, 3.63) is 106 Å². The molecule has 0 heterocycles. The Balaban J connectivity index is 0.000000270. The predicted octanol–water partition coefficient (Wildman–Crippen LogP) is 1.91. The summed E-state index contributed by atoms with van der Waals surface area (Å²) in [5.74, 6) is -6.65. The summed E-state index contributed by atoms with van der Waals surface area (Å²) < 4.78 is 0. The first-order chi connectivity index (χ1) is 16.8. The molecule has 3 rings (SSSR count). The molecule has 36 heavy (non-hydrogen) atoms. The average Bonchev–Trinajstić information content (AvgIpc) is 2.84. The SMILES string of the molecule is O=C(O)c1ccc(C(=O)O)cc1.O=C(O)c1ccc(C(=O)O)cc1.O=C([O-])c1ccc(C(=O)O)cc1. The number of hydrogen-bond acceptors (Lipinski definition) is 7. The molecule has 12 nitrogen and oxygen atoms in total. The summed E-state index contributed by atoms with van der Waals surface area (Å²) in [5, 5.41) is 52.5. The number of carboxylic acids is 6. The Labute approximate surface area is 201 Å². The van der Waals surface area contributed by atoms with E-state index in [2.05, 4.69) is 0 Å². The molecule has 0 aromatic heterocycles. The van der Waals surface area contributed by atoms with E-state index in [0.717, 1.165) is 0 Å². The van der Waals surface area contributed by atoms with E-state index in [1.165, 1.54) is 72.8 Å². The molecule has 3 aromatic carbocycles. The van der Waals surface area contributed by atoms with Gasteiger partial charge < -0.3 is 35.4 Å². The molecule has 186 valence electrons. The van der Waals surface area contributed by atoms with Crippen LogP contribution < -0.4 is 5.11 Å². The van der Waals surface area contributed by atoms with Crippen molar-refractivity contribution >= 4 is 35.8 Å². The van der Waals surface area contributed by atoms with Gasteiger partial charge in [-0.05, 0) is 66.2 Å². The molecule has 0 aliphatic carbocycles. The Kier molecular flexibility index (Phi) is 10.5. The first-order valence-corrected chi connectivity index (χ1v) is 9.51. The van der Waals surface area contributed by atoms with Gasteiger partial charge in [0.2, 0.25) is 0 Å². The molecule has 0 fully saturated rings. The van der Waals surface area contributed by atoms with Crippen molar-refractivity contribution in [2.75, 3.05) is 0 Å². The minimum absolute atomic E-state index is 0.0278. The molecule has 3 aromatic rings. The van der Waals surface area contributed by atoms with Gasteiger partial charge in [0.15, 0.2) is 0 Å². The first-order valence-electron chi connectivity index (χ1n) is 9.51. The maximum absolute atomic E-state index is 10.3. The summed E-state index contributed by atoms with van der Waals surface area (Å²) in [5.41, 5.74) is 0.361. The molecule has 0 saturated heterocycles. The van der Waals surface area contributed by atoms with E-state index in [4.69, 9.17) is 25.5 Å². The fourth-order valence-corrected chi connectivity index (χ4v) is 2.26. The van der Waals surface area contributed by atoms with Crippen LogP contribution in [0.2, 0.25) is 0 Å². The zero-order chi connectivity index (χ0) is 27.4. The van der Waals surface area contributed by atoms with Gasteiger partial charge in [-0.15, -0.1) is 0 Å². The summed E-state index contributed by atoms with van der Waals surface area (Å²) in [4.78, 5) is 61.9. The second-order valence-corrected chi connectivity index (χ2v) is 6.55. The summed E-state index contributed by atoms with van der Waals surface area (Å²) >= 11 is 0. The Morgan fingerprint density at radius 2 is 0.500 bits per heavy atom. The van der Waals surface area contributed by atoms with Crippen LogP contribution in [-0.2, 0) is 0 Å². The molecule has 0 unspecified atom stereocenters. The smallest absolute Gasteiger partial charge is 0.335 e. The van der Waals surface area contributed by atoms with Crippen LogP contribution in [0.3, 0.4) is 0 Å². The van der Waals surface area contributed by atoms with Crippen LogP contribution in [0.4, 0.5) is 0 Å². The summed E-state index contributed by atoms with van der Waals surface area (Å²) in [6.07, 6.45) is 0. The lowest BCUT2D eigenvalue weighted by atomic mass is 10.1. The maximum Gasteiger partial charge on any atom is 0.335 e. The third-order valence-corrected chi connectivity index (χ3v) is 4.13. The van der Waals surface area contributed by atoms with Crippen molar-refractivity contribution in [2.24, 2.45) is 0 Å². The van der Waals surface area contributed by atoms with Crippen LogP contribution in [-0.4, -0.2) is 61.3 Å². The molecule has 0 bridgehead atoms. The van der Waals surface area contributed by atoms with Gasteiger partial charge in [0.05, 0.1) is 33.8 Å². The largest absolute Gasteiger partial charge is 0.545 e. The van der Waals surface area contributed by atoms with E-state index in [9.17, 15) is 33.9 Å². The Morgan fingerprint density at radius 1 is 0.361 bits per heavy atom. The van der Waals surface area contributed by atoms with Gasteiger partial charge in [0.25, 0.3) is 0 Å². The number of benzene rings is 3. The third-order valence-electron chi connectivity index (χ3n) is 4.13. The second kappa shape index (κ2) is 13.3. The zero-order valence-corrected chi connectivity index (χ0v) is 18.0. The lowest BCUT2D eigenvalue weighted by Crippen LogP contribution is -2.22. The normalized spacial score (nSPS) is 9.33. The molecule has 0 spiro atoms. The van der Waals surface area contributed by atoms with E-state index < -0.39 is 35.8 Å². The van der Waals surface area contributed by atoms with Crippen LogP contribution >= 0.6 is 0 Å². The highest BCUT2D eigenvalue weighted by Gasteiger charge is 2.06. The molecule has 0 radical (unpaired) electrons. The van der Waals surface area contributed by atoms with Gasteiger partial charge in [-0.2, -0.15) is 0 Å². The standard InChI is InChI=1S/3C8H6O4/c3*9-7(10)5-1-2-6(4-3-5)8(11)12/h3*1-4H,(H,9,10)(H,11,12)/p-1. The van der Waals surface area contributed by atoms with Gasteiger partial charge in [-0.1, -0.05) is 12.1 Å². The lowest BCUT2D eigenvalue weighted by molar-refractivity contribution is -0.255. The molecule has 0 aliphatic heterocycles. The minimum atomic E-state index is -1.31. The molecular formula is C24H17O12-. The van der Waals surface area contributed by atoms with Crippen molar-refractivity contribution in [3.63, 3.8) is 0 Å². The molecule has 0 atom stereocenters. The van der Waals surface area contributed by atoms with Crippen molar-refractivity contribution in [1.82, 2.24) is 0 Å². The quantitative estimate of drug-likeness (QED) is 0.329. The molecule has 0 saturated carbocycles. The van der Waals surface area contributed by atoms with E-state index in [0.29, 0.717) is 0 Å². The average molecular weight is 497 g/mol. The lowest BCUT2D eigenvalue weighted by Gasteiger charge is -2.00. The van der Waals surface area contributed by atoms with Crippen LogP contribution in [0.25, 0.3) is 0 Å². The Hall–Kier alpha value is -5.52. The van der Waals surface area contributed by atoms with Gasteiger partial charge >= 0.3 is 29.8 Å². The molecule has 5 N–H and O–H groups in total. The van der Waals surface area contributed by atoms with Gasteiger partial charge in [0, 0.05) is 0 Å². The summed E-state index contributed by atoms with van der Waals surface area (Å²) in [6.45, 7) is 0. The zero-order valence-electron chi connectivity index (χ0n) is 18.0. The maximum atomic E-state index is 10.3. The molecule has 12 heteroatoms. The van der Waals surface area contributed by atoms with Crippen LogP contribution in [0.15, 0.2) is 72.8 Å². The van der Waals surface area contributed by atoms with Crippen LogP contribution in [0, 0.1) is 0 Å². The van der Waals surface area contributed by atoms with Crippen LogP contribution in [0.5, 0.6) is 0 Å². The highest BCUT2D eigenvalue weighted by molar-refractivity contribution is 5.92. The number of aromatic carboxylic acids is 6. The van der Waals surface area contributed by atoms with Gasteiger partial charge in [0.1, 0.15) is 0 Å². The van der Waals surface area contributed by atoms with Crippen LogP contribution in [0.1, 0.15) is 62.1 Å². The van der Waals surface area contributed by atoms with E-state index in [-0.39, 0.29) is 33.4 Å². The number of hydrogen-bond donors (Lipinski definition) is 5. The Bertz CT molecular complexity index is 998. The van der Waals surface area contributed by atoms with Crippen molar-refractivity contribution in [1.29, 1.82) is 0 Å². The van der Waals surface area contributed by atoms with E-state index in [1.807, 2.05) is 0 Å². The molecular weight excluding hydrogens is 480 g/mol. The minimum Gasteiger partial charge on any atom is -0.545 e. The fraction of sp³-hybridized carbons (Fsp3) is 0. The fourth-order valence-electron chi connectivity index (χ4n) is 2.26. The van der Waals surface area contributed by atoms with Gasteiger partial charge in [-0.3, -0.25) is 0 Å². The highest BCUT2D eigenvalue weighted by Crippen LogP contribution is 2.05. The van der Waals surface area contributed by atoms with Crippen molar-refractivity contribution in [2.45, 2.75) is 0 Å².